The largest absolute Gasteiger partial charge is 0.456 e. The van der Waals surface area contributed by atoms with Gasteiger partial charge in [0.1, 0.15) is 22.3 Å². The molecule has 7 aromatic carbocycles. The molecule has 0 fully saturated rings. The van der Waals surface area contributed by atoms with Crippen molar-refractivity contribution in [2.75, 3.05) is 0 Å². The molecular weight excluding hydrogens is 488 g/mol. The highest BCUT2D eigenvalue weighted by Gasteiger charge is 2.23. The van der Waals surface area contributed by atoms with Crippen molar-refractivity contribution in [3.8, 4) is 22.3 Å². The Morgan fingerprint density at radius 3 is 1.80 bits per heavy atom. The number of rotatable bonds is 2. The molecular formula is C38H22O2. The van der Waals surface area contributed by atoms with E-state index < -0.39 is 0 Å². The number of furan rings is 2. The van der Waals surface area contributed by atoms with E-state index in [1.165, 1.54) is 32.7 Å². The first-order chi connectivity index (χ1) is 19.8. The van der Waals surface area contributed by atoms with Crippen molar-refractivity contribution in [1.29, 1.82) is 0 Å². The van der Waals surface area contributed by atoms with E-state index in [2.05, 4.69) is 115 Å². The molecule has 0 aliphatic rings. The molecule has 0 unspecified atom stereocenters. The fourth-order valence-electron chi connectivity index (χ4n) is 6.54. The van der Waals surface area contributed by atoms with Crippen molar-refractivity contribution >= 4 is 65.4 Å². The maximum atomic E-state index is 6.77. The Hall–Kier alpha value is -5.34. The van der Waals surface area contributed by atoms with Crippen LogP contribution in [-0.4, -0.2) is 0 Å². The van der Waals surface area contributed by atoms with E-state index in [0.717, 1.165) is 55.0 Å². The molecule has 0 aliphatic heterocycles. The van der Waals surface area contributed by atoms with Crippen LogP contribution in [0.15, 0.2) is 142 Å². The number of hydrogen-bond acceptors (Lipinski definition) is 2. The highest BCUT2D eigenvalue weighted by Crippen LogP contribution is 2.49. The van der Waals surface area contributed by atoms with E-state index in [1.54, 1.807) is 0 Å². The molecule has 0 N–H and O–H groups in total. The zero-order valence-electron chi connectivity index (χ0n) is 21.5. The molecule has 2 heterocycles. The predicted octanol–water partition coefficient (Wildman–Crippen LogP) is 11.1. The molecule has 0 saturated carbocycles. The second-order valence-corrected chi connectivity index (χ2v) is 10.4. The first-order valence-electron chi connectivity index (χ1n) is 13.6. The molecule has 0 amide bonds. The molecule has 0 radical (unpaired) electrons. The van der Waals surface area contributed by atoms with Gasteiger partial charge in [0, 0.05) is 32.7 Å². The van der Waals surface area contributed by atoms with Crippen LogP contribution in [-0.2, 0) is 0 Å². The third-order valence-electron chi connectivity index (χ3n) is 8.26. The van der Waals surface area contributed by atoms with E-state index in [-0.39, 0.29) is 0 Å². The van der Waals surface area contributed by atoms with Crippen LogP contribution in [0.4, 0.5) is 0 Å². The molecule has 9 aromatic rings. The van der Waals surface area contributed by atoms with E-state index in [4.69, 9.17) is 8.83 Å². The van der Waals surface area contributed by atoms with Gasteiger partial charge in [-0.2, -0.15) is 0 Å². The second kappa shape index (κ2) is 8.08. The van der Waals surface area contributed by atoms with Gasteiger partial charge in [0.25, 0.3) is 0 Å². The van der Waals surface area contributed by atoms with Crippen molar-refractivity contribution in [3.63, 3.8) is 0 Å². The normalized spacial score (nSPS) is 12.0. The lowest BCUT2D eigenvalue weighted by Crippen LogP contribution is -1.90. The van der Waals surface area contributed by atoms with Gasteiger partial charge in [-0.15, -0.1) is 0 Å². The van der Waals surface area contributed by atoms with Gasteiger partial charge >= 0.3 is 0 Å². The fourth-order valence-corrected chi connectivity index (χ4v) is 6.54. The maximum Gasteiger partial charge on any atom is 0.144 e. The van der Waals surface area contributed by atoms with Crippen molar-refractivity contribution in [3.05, 3.63) is 133 Å². The van der Waals surface area contributed by atoms with Crippen LogP contribution in [0.2, 0.25) is 0 Å². The number of hydrogen-bond donors (Lipinski definition) is 0. The zero-order valence-corrected chi connectivity index (χ0v) is 21.5. The first kappa shape index (κ1) is 21.6. The standard InChI is InChI=1S/C38H22O2/c1-2-12-25-23(10-1)11-9-17-28(25)36-30-15-4-3-14-29(30)35(37-31-16-6-8-19-33(31)40-38(36)37)24-20-21-27-26-13-5-7-18-32(26)39-34(27)22-24/h1-22H. The molecule has 2 nitrogen and oxygen atoms in total. The van der Waals surface area contributed by atoms with Gasteiger partial charge in [0.05, 0.1) is 0 Å². The van der Waals surface area contributed by atoms with E-state index >= 15 is 0 Å². The maximum absolute atomic E-state index is 6.77. The molecule has 0 aliphatic carbocycles. The third kappa shape index (κ3) is 2.93. The molecule has 40 heavy (non-hydrogen) atoms. The summed E-state index contributed by atoms with van der Waals surface area (Å²) < 4.78 is 13.1. The minimum atomic E-state index is 0.889. The smallest absolute Gasteiger partial charge is 0.144 e. The van der Waals surface area contributed by atoms with Crippen molar-refractivity contribution in [2.24, 2.45) is 0 Å². The fraction of sp³-hybridized carbons (Fsp3) is 0. The monoisotopic (exact) mass is 510 g/mol. The molecule has 9 rings (SSSR count). The van der Waals surface area contributed by atoms with Gasteiger partial charge in [0.15, 0.2) is 0 Å². The summed E-state index contributed by atoms with van der Waals surface area (Å²) in [5.74, 6) is 0. The summed E-state index contributed by atoms with van der Waals surface area (Å²) in [4.78, 5) is 0. The zero-order chi connectivity index (χ0) is 26.2. The summed E-state index contributed by atoms with van der Waals surface area (Å²) >= 11 is 0. The van der Waals surface area contributed by atoms with E-state index in [1.807, 2.05) is 18.2 Å². The van der Waals surface area contributed by atoms with Crippen molar-refractivity contribution in [2.45, 2.75) is 0 Å². The Balaban J connectivity index is 1.48. The number of fused-ring (bicyclic) bond motifs is 8. The third-order valence-corrected chi connectivity index (χ3v) is 8.26. The minimum absolute atomic E-state index is 0.889. The Labute approximate surface area is 229 Å². The molecule has 0 spiro atoms. The van der Waals surface area contributed by atoms with Crippen LogP contribution >= 0.6 is 0 Å². The van der Waals surface area contributed by atoms with Gasteiger partial charge < -0.3 is 8.83 Å². The minimum Gasteiger partial charge on any atom is -0.456 e. The summed E-state index contributed by atoms with van der Waals surface area (Å²) in [6.07, 6.45) is 0. The second-order valence-electron chi connectivity index (χ2n) is 10.4. The lowest BCUT2D eigenvalue weighted by Gasteiger charge is -2.16. The number of para-hydroxylation sites is 2. The lowest BCUT2D eigenvalue weighted by atomic mass is 9.86. The van der Waals surface area contributed by atoms with Gasteiger partial charge in [0.2, 0.25) is 0 Å². The molecule has 0 saturated heterocycles. The molecule has 186 valence electrons. The SMILES string of the molecule is c1ccc2c(-c3c4ccccc4c(-c4ccc5c(c4)oc4ccccc45)c4c3oc3ccccc34)cccc2c1. The predicted molar refractivity (Wildman–Crippen MR) is 167 cm³/mol. The molecule has 2 aromatic heterocycles. The average molecular weight is 511 g/mol. The summed E-state index contributed by atoms with van der Waals surface area (Å²) in [5.41, 5.74) is 8.19. The van der Waals surface area contributed by atoms with Crippen molar-refractivity contribution in [1.82, 2.24) is 0 Å². The Morgan fingerprint density at radius 1 is 0.375 bits per heavy atom. The lowest BCUT2D eigenvalue weighted by molar-refractivity contribution is 0.669. The van der Waals surface area contributed by atoms with Crippen molar-refractivity contribution < 1.29 is 8.83 Å². The molecule has 0 bridgehead atoms. The van der Waals surface area contributed by atoms with E-state index in [9.17, 15) is 0 Å². The number of benzene rings is 7. The van der Waals surface area contributed by atoms with Crippen LogP contribution in [0, 0.1) is 0 Å². The van der Waals surface area contributed by atoms with Gasteiger partial charge in [-0.25, -0.2) is 0 Å². The summed E-state index contributed by atoms with van der Waals surface area (Å²) in [5, 5.41) is 9.31. The Bertz CT molecular complexity index is 2430. The molecule has 2 heteroatoms. The molecule has 0 atom stereocenters. The van der Waals surface area contributed by atoms with Gasteiger partial charge in [-0.1, -0.05) is 109 Å². The summed E-state index contributed by atoms with van der Waals surface area (Å²) in [6.45, 7) is 0. The first-order valence-corrected chi connectivity index (χ1v) is 13.6. The van der Waals surface area contributed by atoms with Crippen LogP contribution < -0.4 is 0 Å². The highest BCUT2D eigenvalue weighted by molar-refractivity contribution is 6.28. The van der Waals surface area contributed by atoms with Gasteiger partial charge in [-0.3, -0.25) is 0 Å². The summed E-state index contributed by atoms with van der Waals surface area (Å²) in [7, 11) is 0. The van der Waals surface area contributed by atoms with Gasteiger partial charge in [-0.05, 0) is 56.9 Å². The van der Waals surface area contributed by atoms with Crippen LogP contribution in [0.25, 0.3) is 87.7 Å². The Kier molecular flexibility index (Phi) is 4.36. The summed E-state index contributed by atoms with van der Waals surface area (Å²) in [6, 6.07) is 47.1. The highest BCUT2D eigenvalue weighted by atomic mass is 16.3. The Morgan fingerprint density at radius 2 is 0.975 bits per heavy atom. The quantitative estimate of drug-likeness (QED) is 0.231. The van der Waals surface area contributed by atoms with Crippen LogP contribution in [0.1, 0.15) is 0 Å². The van der Waals surface area contributed by atoms with Crippen LogP contribution in [0.3, 0.4) is 0 Å². The average Bonchev–Trinajstić information content (AvgIpc) is 3.58. The topological polar surface area (TPSA) is 26.3 Å². The van der Waals surface area contributed by atoms with Crippen LogP contribution in [0.5, 0.6) is 0 Å². The van der Waals surface area contributed by atoms with E-state index in [0.29, 0.717) is 0 Å².